The molecule has 1 aliphatic heterocycles. The molecule has 0 saturated heterocycles. The lowest BCUT2D eigenvalue weighted by Crippen LogP contribution is -2.24. The number of fused-ring (bicyclic) bond motifs is 1. The minimum absolute atomic E-state index is 0.305. The Morgan fingerprint density at radius 1 is 1.53 bits per heavy atom. The van der Waals surface area contributed by atoms with Crippen LogP contribution in [0.1, 0.15) is 30.9 Å². The fourth-order valence-corrected chi connectivity index (χ4v) is 2.21. The van der Waals surface area contributed by atoms with Gasteiger partial charge in [-0.1, -0.05) is 6.92 Å². The Morgan fingerprint density at radius 3 is 3.12 bits per heavy atom. The SMILES string of the molecule is CCC1COCc2nnc(-c3nc[nH]c3C)n21. The highest BCUT2D eigenvalue weighted by Gasteiger charge is 2.26. The van der Waals surface area contributed by atoms with Crippen LogP contribution >= 0.6 is 0 Å². The van der Waals surface area contributed by atoms with Crippen LogP contribution in [0.2, 0.25) is 0 Å². The summed E-state index contributed by atoms with van der Waals surface area (Å²) in [5, 5.41) is 8.44. The summed E-state index contributed by atoms with van der Waals surface area (Å²) in [5.41, 5.74) is 1.89. The molecule has 1 atom stereocenters. The summed E-state index contributed by atoms with van der Waals surface area (Å²) in [6, 6.07) is 0.305. The van der Waals surface area contributed by atoms with Gasteiger partial charge in [0.2, 0.25) is 0 Å². The van der Waals surface area contributed by atoms with Gasteiger partial charge in [0.05, 0.1) is 19.0 Å². The van der Waals surface area contributed by atoms with Crippen molar-refractivity contribution in [1.29, 1.82) is 0 Å². The Hall–Kier alpha value is -1.69. The number of imidazole rings is 1. The van der Waals surface area contributed by atoms with Gasteiger partial charge in [0, 0.05) is 5.69 Å². The summed E-state index contributed by atoms with van der Waals surface area (Å²) in [5.74, 6) is 1.73. The topological polar surface area (TPSA) is 68.6 Å². The molecule has 0 aliphatic carbocycles. The average Bonchev–Trinajstić information content (AvgIpc) is 2.94. The smallest absolute Gasteiger partial charge is 0.184 e. The summed E-state index contributed by atoms with van der Waals surface area (Å²) >= 11 is 0. The van der Waals surface area contributed by atoms with Crippen molar-refractivity contribution in [2.45, 2.75) is 32.9 Å². The fourth-order valence-electron chi connectivity index (χ4n) is 2.21. The van der Waals surface area contributed by atoms with Crippen LogP contribution in [0.3, 0.4) is 0 Å². The number of hydrogen-bond donors (Lipinski definition) is 1. The zero-order chi connectivity index (χ0) is 11.8. The van der Waals surface area contributed by atoms with Crippen molar-refractivity contribution in [3.05, 3.63) is 17.8 Å². The van der Waals surface area contributed by atoms with Gasteiger partial charge in [0.15, 0.2) is 11.6 Å². The number of H-pyrrole nitrogens is 1. The minimum atomic E-state index is 0.305. The number of aromatic amines is 1. The molecule has 3 rings (SSSR count). The maximum atomic E-state index is 5.51. The zero-order valence-corrected chi connectivity index (χ0v) is 9.97. The van der Waals surface area contributed by atoms with Crippen LogP contribution in [0.5, 0.6) is 0 Å². The quantitative estimate of drug-likeness (QED) is 0.852. The predicted octanol–water partition coefficient (Wildman–Crippen LogP) is 1.46. The molecule has 0 spiro atoms. The lowest BCUT2D eigenvalue weighted by molar-refractivity contribution is 0.0542. The molecule has 0 fully saturated rings. The minimum Gasteiger partial charge on any atom is -0.371 e. The van der Waals surface area contributed by atoms with Crippen LogP contribution in [0, 0.1) is 6.92 Å². The van der Waals surface area contributed by atoms with E-state index in [1.807, 2.05) is 6.92 Å². The molecule has 2 aromatic heterocycles. The molecule has 0 bridgehead atoms. The van der Waals surface area contributed by atoms with Crippen LogP contribution in [-0.4, -0.2) is 31.3 Å². The number of aromatic nitrogens is 5. The molecule has 17 heavy (non-hydrogen) atoms. The Balaban J connectivity index is 2.13. The highest BCUT2D eigenvalue weighted by Crippen LogP contribution is 2.28. The summed E-state index contributed by atoms with van der Waals surface area (Å²) in [4.78, 5) is 7.39. The van der Waals surface area contributed by atoms with Gasteiger partial charge in [-0.3, -0.25) is 0 Å². The van der Waals surface area contributed by atoms with Crippen LogP contribution in [0.4, 0.5) is 0 Å². The highest BCUT2D eigenvalue weighted by atomic mass is 16.5. The molecule has 0 amide bonds. The van der Waals surface area contributed by atoms with Crippen molar-refractivity contribution in [1.82, 2.24) is 24.7 Å². The Bertz CT molecular complexity index is 530. The summed E-state index contributed by atoms with van der Waals surface area (Å²) in [7, 11) is 0. The lowest BCUT2D eigenvalue weighted by Gasteiger charge is -2.24. The molecule has 0 aromatic carbocycles. The Morgan fingerprint density at radius 2 is 2.41 bits per heavy atom. The molecule has 1 unspecified atom stereocenters. The largest absolute Gasteiger partial charge is 0.371 e. The van der Waals surface area contributed by atoms with E-state index in [4.69, 9.17) is 4.74 Å². The van der Waals surface area contributed by atoms with Crippen LogP contribution in [0.15, 0.2) is 6.33 Å². The first-order valence-electron chi connectivity index (χ1n) is 5.83. The Labute approximate surface area is 99.0 Å². The van der Waals surface area contributed by atoms with Crippen molar-refractivity contribution < 1.29 is 4.74 Å². The highest BCUT2D eigenvalue weighted by molar-refractivity contribution is 5.53. The number of ether oxygens (including phenoxy) is 1. The summed E-state index contributed by atoms with van der Waals surface area (Å²) < 4.78 is 7.67. The first-order chi connectivity index (χ1) is 8.31. The Kier molecular flexibility index (Phi) is 2.44. The van der Waals surface area contributed by atoms with E-state index in [9.17, 15) is 0 Å². The predicted molar refractivity (Wildman–Crippen MR) is 61.3 cm³/mol. The van der Waals surface area contributed by atoms with E-state index in [1.165, 1.54) is 0 Å². The van der Waals surface area contributed by atoms with Crippen molar-refractivity contribution in [3.63, 3.8) is 0 Å². The molecular weight excluding hydrogens is 218 g/mol. The number of aryl methyl sites for hydroxylation is 1. The molecule has 0 saturated carbocycles. The van der Waals surface area contributed by atoms with Crippen molar-refractivity contribution >= 4 is 0 Å². The van der Waals surface area contributed by atoms with Gasteiger partial charge in [-0.15, -0.1) is 10.2 Å². The molecule has 6 nitrogen and oxygen atoms in total. The van der Waals surface area contributed by atoms with Gasteiger partial charge in [0.1, 0.15) is 12.3 Å². The summed E-state index contributed by atoms with van der Waals surface area (Å²) in [6.07, 6.45) is 2.69. The normalized spacial score (nSPS) is 19.3. The van der Waals surface area contributed by atoms with E-state index >= 15 is 0 Å². The number of nitrogens with one attached hydrogen (secondary N) is 1. The second-order valence-electron chi connectivity index (χ2n) is 4.26. The van der Waals surface area contributed by atoms with E-state index in [0.29, 0.717) is 12.6 Å². The van der Waals surface area contributed by atoms with Gasteiger partial charge < -0.3 is 14.3 Å². The first kappa shape index (κ1) is 10.5. The van der Waals surface area contributed by atoms with E-state index in [-0.39, 0.29) is 0 Å². The molecule has 1 N–H and O–H groups in total. The van der Waals surface area contributed by atoms with Gasteiger partial charge >= 0.3 is 0 Å². The van der Waals surface area contributed by atoms with Crippen LogP contribution in [-0.2, 0) is 11.3 Å². The van der Waals surface area contributed by atoms with Crippen LogP contribution < -0.4 is 0 Å². The van der Waals surface area contributed by atoms with Crippen LogP contribution in [0.25, 0.3) is 11.5 Å². The van der Waals surface area contributed by atoms with Crippen molar-refractivity contribution in [2.24, 2.45) is 0 Å². The molecule has 90 valence electrons. The maximum Gasteiger partial charge on any atom is 0.184 e. The van der Waals surface area contributed by atoms with Crippen molar-refractivity contribution in [3.8, 4) is 11.5 Å². The first-order valence-corrected chi connectivity index (χ1v) is 5.83. The number of nitrogens with zero attached hydrogens (tertiary/aromatic N) is 4. The second kappa shape index (κ2) is 3.96. The van der Waals surface area contributed by atoms with E-state index < -0.39 is 0 Å². The van der Waals surface area contributed by atoms with E-state index in [1.54, 1.807) is 6.33 Å². The van der Waals surface area contributed by atoms with Crippen molar-refractivity contribution in [2.75, 3.05) is 6.61 Å². The zero-order valence-electron chi connectivity index (χ0n) is 9.97. The molecule has 1 aliphatic rings. The van der Waals surface area contributed by atoms with Gasteiger partial charge in [-0.25, -0.2) is 4.98 Å². The van der Waals surface area contributed by atoms with E-state index in [2.05, 4.69) is 31.7 Å². The number of rotatable bonds is 2. The summed E-state index contributed by atoms with van der Waals surface area (Å²) in [6.45, 7) is 5.39. The third kappa shape index (κ3) is 1.56. The molecule has 3 heterocycles. The van der Waals surface area contributed by atoms with Gasteiger partial charge in [-0.2, -0.15) is 0 Å². The molecule has 6 heteroatoms. The third-order valence-corrected chi connectivity index (χ3v) is 3.19. The fraction of sp³-hybridized carbons (Fsp3) is 0.545. The maximum absolute atomic E-state index is 5.51. The standard InChI is InChI=1S/C11H15N5O/c1-3-8-4-17-5-9-14-15-11(16(8)9)10-7(2)12-6-13-10/h6,8H,3-5H2,1-2H3,(H,12,13). The van der Waals surface area contributed by atoms with Gasteiger partial charge in [0.25, 0.3) is 0 Å². The molecule has 2 aromatic rings. The lowest BCUT2D eigenvalue weighted by atomic mass is 10.2. The third-order valence-electron chi connectivity index (χ3n) is 3.19. The number of hydrogen-bond acceptors (Lipinski definition) is 4. The molecule has 0 radical (unpaired) electrons. The van der Waals surface area contributed by atoms with Gasteiger partial charge in [-0.05, 0) is 13.3 Å². The molecular formula is C11H15N5O. The monoisotopic (exact) mass is 233 g/mol. The second-order valence-corrected chi connectivity index (χ2v) is 4.26. The average molecular weight is 233 g/mol. The van der Waals surface area contributed by atoms with E-state index in [0.717, 1.165) is 36.1 Å².